The molecular weight excluding hydrogens is 541 g/mol. The summed E-state index contributed by atoms with van der Waals surface area (Å²) in [5, 5.41) is 9.23. The Morgan fingerprint density at radius 1 is 1.00 bits per heavy atom. The van der Waals surface area contributed by atoms with Crippen molar-refractivity contribution in [3.05, 3.63) is 99.9 Å². The zero-order valence-electron chi connectivity index (χ0n) is 22.4. The smallest absolute Gasteiger partial charge is 0.430 e. The number of carbonyl (C=O) groups excluding carboxylic acids is 1. The van der Waals surface area contributed by atoms with Crippen LogP contribution >= 0.6 is 0 Å². The van der Waals surface area contributed by atoms with Crippen molar-refractivity contribution in [2.75, 3.05) is 32.1 Å². The van der Waals surface area contributed by atoms with E-state index in [4.69, 9.17) is 23.8 Å². The van der Waals surface area contributed by atoms with Crippen LogP contribution < -0.4 is 30.6 Å². The minimum absolute atomic E-state index is 0.184. The molecule has 41 heavy (non-hydrogen) atoms. The van der Waals surface area contributed by atoms with Gasteiger partial charge in [-0.2, -0.15) is 13.2 Å². The molecule has 1 heterocycles. The second kappa shape index (κ2) is 14.0. The molecule has 11 heteroatoms. The van der Waals surface area contributed by atoms with E-state index in [1.807, 2.05) is 79.7 Å². The Hall–Kier alpha value is -4.77. The lowest BCUT2D eigenvalue weighted by molar-refractivity contribution is -0.370. The fourth-order valence-corrected chi connectivity index (χ4v) is 3.49. The van der Waals surface area contributed by atoms with E-state index in [0.29, 0.717) is 35.6 Å². The third kappa shape index (κ3) is 8.87. The van der Waals surface area contributed by atoms with E-state index in [1.54, 1.807) is 24.3 Å². The molecule has 4 rings (SSSR count). The Bertz CT molecular complexity index is 1530. The molecule has 0 bridgehead atoms. The predicted molar refractivity (Wildman–Crippen MR) is 147 cm³/mol. The lowest BCUT2D eigenvalue weighted by Crippen LogP contribution is -2.52. The summed E-state index contributed by atoms with van der Waals surface area (Å²) in [4.78, 5) is 24.2. The number of benzene rings is 3. The highest BCUT2D eigenvalue weighted by Crippen LogP contribution is 2.27. The van der Waals surface area contributed by atoms with E-state index in [-0.39, 0.29) is 17.8 Å². The fraction of sp³-hybridized carbons (Fsp3) is 0.200. The summed E-state index contributed by atoms with van der Waals surface area (Å²) in [6.07, 6.45) is -1.52. The fourth-order valence-electron chi connectivity index (χ4n) is 3.49. The molecule has 3 aromatic carbocycles. The van der Waals surface area contributed by atoms with Crippen molar-refractivity contribution in [1.29, 1.82) is 0 Å². The van der Waals surface area contributed by atoms with Gasteiger partial charge in [-0.25, -0.2) is 0 Å². The number of anilines is 1. The van der Waals surface area contributed by atoms with Gasteiger partial charge in [-0.15, -0.1) is 0 Å². The lowest BCUT2D eigenvalue weighted by atomic mass is 10.1. The molecule has 0 amide bonds. The second-order valence-electron chi connectivity index (χ2n) is 8.86. The third-order valence-electron chi connectivity index (χ3n) is 5.55. The lowest BCUT2D eigenvalue weighted by Gasteiger charge is -2.12. The Morgan fingerprint density at radius 2 is 1.66 bits per heavy atom. The number of hydrogen-bond acceptors (Lipinski definition) is 7. The molecular formula is C30H29F3N2O6. The monoisotopic (exact) mass is 570 g/mol. The molecule has 0 unspecified atom stereocenters. The molecule has 0 saturated heterocycles. The van der Waals surface area contributed by atoms with Crippen LogP contribution in [0.2, 0.25) is 0 Å². The molecule has 0 aliphatic carbocycles. The molecule has 0 radical (unpaired) electrons. The summed E-state index contributed by atoms with van der Waals surface area (Å²) in [6.45, 7) is 1.40. The van der Waals surface area contributed by atoms with Crippen LogP contribution in [0.1, 0.15) is 16.9 Å². The quantitative estimate of drug-likeness (QED) is 0.327. The van der Waals surface area contributed by atoms with Gasteiger partial charge in [0.2, 0.25) is 11.2 Å². The van der Waals surface area contributed by atoms with Gasteiger partial charge in [0.25, 0.3) is 0 Å². The maximum atomic E-state index is 13.4. The Morgan fingerprint density at radius 3 is 2.24 bits per heavy atom. The number of carbonyl (C=O) groups is 1. The first-order valence-electron chi connectivity index (χ1n) is 12.4. The van der Waals surface area contributed by atoms with Crippen LogP contribution in [0.25, 0.3) is 23.1 Å². The normalized spacial score (nSPS) is 11.2. The first kappa shape index (κ1) is 30.8. The Kier molecular flexibility index (Phi) is 10.5. The van der Waals surface area contributed by atoms with Crippen molar-refractivity contribution < 1.29 is 42.7 Å². The van der Waals surface area contributed by atoms with Gasteiger partial charge >= 0.3 is 6.18 Å². The minimum Gasteiger partial charge on any atom is -0.542 e. The van der Waals surface area contributed by atoms with Crippen molar-refractivity contribution in [3.63, 3.8) is 0 Å². The average molecular weight is 571 g/mol. The van der Waals surface area contributed by atoms with Gasteiger partial charge in [0.1, 0.15) is 37.1 Å². The van der Waals surface area contributed by atoms with Crippen molar-refractivity contribution in [3.8, 4) is 11.5 Å². The summed E-state index contributed by atoms with van der Waals surface area (Å²) in [5.41, 5.74) is 7.07. The zero-order valence-corrected chi connectivity index (χ0v) is 22.4. The number of quaternary nitrogens is 1. The van der Waals surface area contributed by atoms with Gasteiger partial charge in [-0.1, -0.05) is 48.5 Å². The number of hydrogen-bond donors (Lipinski definition) is 1. The highest BCUT2D eigenvalue weighted by molar-refractivity contribution is 5.82. The number of fused-ring (bicyclic) bond motifs is 1. The van der Waals surface area contributed by atoms with E-state index < -0.39 is 12.1 Å². The number of carboxylic acids is 1. The van der Waals surface area contributed by atoms with Crippen LogP contribution in [-0.4, -0.2) is 39.4 Å². The number of rotatable bonds is 9. The van der Waals surface area contributed by atoms with E-state index in [2.05, 4.69) is 5.73 Å². The Labute approximate surface area is 234 Å². The first-order valence-corrected chi connectivity index (χ1v) is 12.4. The van der Waals surface area contributed by atoms with Gasteiger partial charge < -0.3 is 34.4 Å². The van der Waals surface area contributed by atoms with Gasteiger partial charge in [-0.05, 0) is 41.5 Å². The molecule has 0 fully saturated rings. The largest absolute Gasteiger partial charge is 0.542 e. The number of carboxylic acid groups (broad SMARTS) is 1. The minimum atomic E-state index is -5.19. The van der Waals surface area contributed by atoms with E-state index in [1.165, 1.54) is 0 Å². The van der Waals surface area contributed by atoms with Crippen molar-refractivity contribution in [1.82, 2.24) is 0 Å². The van der Waals surface area contributed by atoms with Crippen LogP contribution in [0, 0.1) is 0 Å². The standard InChI is InChI=1S/C28H28N2O4.C2HF3O2/c1-30(2)22-11-8-20(9-12-22)10-15-25-28(33-19-21-6-4-3-5-7-21)27(31)24-14-13-23(32-17-16-29)18-26(24)34-25;3-2(4,5)1(6)7/h3-15,18H,16-17,19,29H2,1-2H3;(H,6,7)/b15-10+;. The summed E-state index contributed by atoms with van der Waals surface area (Å²) < 4.78 is 49.4. The van der Waals surface area contributed by atoms with Crippen molar-refractivity contribution in [2.24, 2.45) is 0 Å². The molecule has 1 aromatic heterocycles. The third-order valence-corrected chi connectivity index (χ3v) is 5.55. The van der Waals surface area contributed by atoms with Gasteiger partial charge in [-0.3, -0.25) is 4.79 Å². The molecule has 0 atom stereocenters. The molecule has 3 N–H and O–H groups in total. The van der Waals surface area contributed by atoms with Crippen molar-refractivity contribution in [2.45, 2.75) is 12.8 Å². The first-order chi connectivity index (χ1) is 19.5. The van der Waals surface area contributed by atoms with Crippen LogP contribution in [-0.2, 0) is 11.4 Å². The predicted octanol–water partition coefficient (Wildman–Crippen LogP) is 3.53. The molecule has 0 saturated carbocycles. The zero-order chi connectivity index (χ0) is 30.0. The van der Waals surface area contributed by atoms with Gasteiger partial charge in [0.05, 0.1) is 5.39 Å². The van der Waals surface area contributed by atoms with E-state index in [0.717, 1.165) is 16.8 Å². The second-order valence-corrected chi connectivity index (χ2v) is 8.86. The van der Waals surface area contributed by atoms with Crippen LogP contribution in [0.4, 0.5) is 18.9 Å². The number of halogens is 3. The molecule has 0 aliphatic rings. The van der Waals surface area contributed by atoms with E-state index >= 15 is 0 Å². The van der Waals surface area contributed by atoms with Crippen molar-refractivity contribution >= 4 is 34.8 Å². The highest BCUT2D eigenvalue weighted by Gasteiger charge is 2.28. The number of ether oxygens (including phenoxy) is 2. The number of nitrogens with zero attached hydrogens (tertiary/aromatic N) is 1. The number of aliphatic carboxylic acids is 1. The summed E-state index contributed by atoms with van der Waals surface area (Å²) >= 11 is 0. The molecule has 0 aliphatic heterocycles. The van der Waals surface area contributed by atoms with Crippen LogP contribution in [0.15, 0.2) is 82.0 Å². The average Bonchev–Trinajstić information content (AvgIpc) is 2.95. The van der Waals surface area contributed by atoms with Gasteiger partial charge in [0.15, 0.2) is 5.76 Å². The van der Waals surface area contributed by atoms with Gasteiger partial charge in [0, 0.05) is 25.8 Å². The van der Waals surface area contributed by atoms with Crippen LogP contribution in [0.5, 0.6) is 11.5 Å². The highest BCUT2D eigenvalue weighted by atomic mass is 19.4. The van der Waals surface area contributed by atoms with E-state index in [9.17, 15) is 18.0 Å². The maximum Gasteiger partial charge on any atom is 0.430 e. The summed E-state index contributed by atoms with van der Waals surface area (Å²) in [7, 11) is 4.00. The number of alkyl halides is 3. The summed E-state index contributed by atoms with van der Waals surface area (Å²) in [6, 6.07) is 23.0. The Balaban J connectivity index is 0.000000587. The molecule has 0 spiro atoms. The maximum absolute atomic E-state index is 13.4. The molecule has 4 aromatic rings. The van der Waals surface area contributed by atoms with Crippen LogP contribution in [0.3, 0.4) is 0 Å². The topological polar surface area (TPSA) is 120 Å². The molecule has 8 nitrogen and oxygen atoms in total. The summed E-state index contributed by atoms with van der Waals surface area (Å²) in [5.74, 6) is -1.83. The molecule has 216 valence electrons. The SMILES string of the molecule is CN(C)c1ccc(/C=C/c2oc3cc(OCC[NH3+])ccc3c(=O)c2OCc2ccccc2)cc1.O=C([O-])C(F)(F)F.